The fourth-order valence-corrected chi connectivity index (χ4v) is 3.16. The summed E-state index contributed by atoms with van der Waals surface area (Å²) in [7, 11) is 0. The van der Waals surface area contributed by atoms with Crippen LogP contribution in [0.15, 0.2) is 40.6 Å². The van der Waals surface area contributed by atoms with Crippen LogP contribution in [-0.4, -0.2) is 29.7 Å². The number of hydrogen-bond acceptors (Lipinski definition) is 4. The number of nitrogens with zero attached hydrogens (tertiary/aromatic N) is 2. The fraction of sp³-hybridized carbons (Fsp3) is 0.500. The van der Waals surface area contributed by atoms with E-state index in [0.29, 0.717) is 24.5 Å². The van der Waals surface area contributed by atoms with Gasteiger partial charge in [0.2, 0.25) is 0 Å². The number of aliphatic hydroxyl groups excluding tert-OH is 1. The van der Waals surface area contributed by atoms with Gasteiger partial charge in [-0.05, 0) is 50.5 Å². The topological polar surface area (TPSA) is 52.9 Å². The van der Waals surface area contributed by atoms with E-state index < -0.39 is 0 Å². The Bertz CT molecular complexity index is 655. The molecule has 4 nitrogen and oxygen atoms in total. The molecule has 1 aliphatic rings. The molecule has 0 unspecified atom stereocenters. The molecule has 0 heterocycles. The first-order chi connectivity index (χ1) is 11.2. The van der Waals surface area contributed by atoms with Crippen LogP contribution >= 0.6 is 0 Å². The molecule has 1 aliphatic carbocycles. The zero-order chi connectivity index (χ0) is 17.9. The predicted molar refractivity (Wildman–Crippen MR) is 100 cm³/mol. The molecule has 0 radical (unpaired) electrons. The van der Waals surface area contributed by atoms with E-state index in [1.54, 1.807) is 0 Å². The van der Waals surface area contributed by atoms with E-state index in [0.717, 1.165) is 17.9 Å². The average molecular weight is 328 g/mol. The second kappa shape index (κ2) is 7.20. The molecule has 0 amide bonds. The second-order valence-electron chi connectivity index (χ2n) is 7.46. The Hall–Kier alpha value is -2.10. The molecule has 4 heteroatoms. The monoisotopic (exact) mass is 328 g/mol. The molecular weight excluding hydrogens is 300 g/mol. The SMILES string of the molecule is CCN(c1ccc(N=CC2=C(O)CC(C)(C)CC2=O)cc1)C(C)C. The van der Waals surface area contributed by atoms with Gasteiger partial charge in [0, 0.05) is 37.3 Å². The standard InChI is InChI=1S/C20H28N2O2/c1-6-22(14(2)3)16-9-7-15(8-10-16)21-13-17-18(23)11-20(4,5)12-19(17)24/h7-10,13-14,23H,6,11-12H2,1-5H3. The molecule has 1 aromatic carbocycles. The van der Waals surface area contributed by atoms with Gasteiger partial charge in [-0.3, -0.25) is 9.79 Å². The molecule has 0 fully saturated rings. The van der Waals surface area contributed by atoms with Gasteiger partial charge in [-0.1, -0.05) is 13.8 Å². The Labute approximate surface area is 144 Å². The molecule has 2 rings (SSSR count). The highest BCUT2D eigenvalue weighted by Crippen LogP contribution is 2.35. The van der Waals surface area contributed by atoms with Gasteiger partial charge >= 0.3 is 0 Å². The van der Waals surface area contributed by atoms with Crippen molar-refractivity contribution in [2.45, 2.75) is 53.5 Å². The lowest BCUT2D eigenvalue weighted by atomic mass is 9.77. The minimum atomic E-state index is -0.180. The van der Waals surface area contributed by atoms with Crippen LogP contribution in [0.5, 0.6) is 0 Å². The third-order valence-electron chi connectivity index (χ3n) is 4.38. The van der Waals surface area contributed by atoms with Crippen LogP contribution in [0.3, 0.4) is 0 Å². The fourth-order valence-electron chi connectivity index (χ4n) is 3.16. The van der Waals surface area contributed by atoms with Crippen molar-refractivity contribution in [3.05, 3.63) is 35.6 Å². The average Bonchev–Trinajstić information content (AvgIpc) is 2.47. The molecule has 0 saturated carbocycles. The molecule has 0 spiro atoms. The first-order valence-electron chi connectivity index (χ1n) is 8.59. The van der Waals surface area contributed by atoms with Crippen LogP contribution in [0, 0.1) is 5.41 Å². The first-order valence-corrected chi connectivity index (χ1v) is 8.59. The maximum atomic E-state index is 12.2. The van der Waals surface area contributed by atoms with Crippen LogP contribution in [0.4, 0.5) is 11.4 Å². The van der Waals surface area contributed by atoms with Gasteiger partial charge in [-0.25, -0.2) is 0 Å². The summed E-state index contributed by atoms with van der Waals surface area (Å²) in [5, 5.41) is 10.1. The van der Waals surface area contributed by atoms with Crippen molar-refractivity contribution in [3.63, 3.8) is 0 Å². The van der Waals surface area contributed by atoms with E-state index in [4.69, 9.17) is 0 Å². The molecule has 24 heavy (non-hydrogen) atoms. The van der Waals surface area contributed by atoms with Gasteiger partial charge in [0.15, 0.2) is 5.78 Å². The van der Waals surface area contributed by atoms with Gasteiger partial charge in [0.25, 0.3) is 0 Å². The van der Waals surface area contributed by atoms with Gasteiger partial charge in [0.1, 0.15) is 5.76 Å². The zero-order valence-electron chi connectivity index (χ0n) is 15.3. The molecule has 1 aromatic rings. The number of Topliss-reactive ketones (excluding diaryl/α,β-unsaturated/α-hetero) is 1. The van der Waals surface area contributed by atoms with E-state index >= 15 is 0 Å². The Kier molecular flexibility index (Phi) is 5.47. The first kappa shape index (κ1) is 18.2. The van der Waals surface area contributed by atoms with E-state index in [1.165, 1.54) is 6.21 Å². The number of anilines is 1. The van der Waals surface area contributed by atoms with Crippen molar-refractivity contribution in [1.82, 2.24) is 0 Å². The summed E-state index contributed by atoms with van der Waals surface area (Å²) in [4.78, 5) is 18.9. The van der Waals surface area contributed by atoms with Gasteiger partial charge < -0.3 is 10.0 Å². The van der Waals surface area contributed by atoms with Crippen molar-refractivity contribution in [3.8, 4) is 0 Å². The Balaban J connectivity index is 2.17. The number of aliphatic imine (C=N–C) groups is 1. The smallest absolute Gasteiger partial charge is 0.168 e. The number of ketones is 1. The van der Waals surface area contributed by atoms with E-state index in [9.17, 15) is 9.90 Å². The van der Waals surface area contributed by atoms with Crippen LogP contribution in [-0.2, 0) is 4.79 Å². The lowest BCUT2D eigenvalue weighted by Crippen LogP contribution is -2.30. The molecule has 0 aliphatic heterocycles. The summed E-state index contributed by atoms with van der Waals surface area (Å²) < 4.78 is 0. The largest absolute Gasteiger partial charge is 0.511 e. The van der Waals surface area contributed by atoms with Crippen LogP contribution in [0.25, 0.3) is 0 Å². The van der Waals surface area contributed by atoms with Crippen molar-refractivity contribution in [2.24, 2.45) is 10.4 Å². The third-order valence-corrected chi connectivity index (χ3v) is 4.38. The van der Waals surface area contributed by atoms with Gasteiger partial charge in [-0.2, -0.15) is 0 Å². The normalized spacial score (nSPS) is 17.8. The van der Waals surface area contributed by atoms with E-state index in [2.05, 4.69) is 30.7 Å². The Morgan fingerprint density at radius 1 is 1.25 bits per heavy atom. The second-order valence-corrected chi connectivity index (χ2v) is 7.46. The lowest BCUT2D eigenvalue weighted by Gasteiger charge is -2.28. The molecular formula is C20H28N2O2. The molecule has 0 saturated heterocycles. The number of carbonyl (C=O) groups is 1. The number of benzene rings is 1. The van der Waals surface area contributed by atoms with Gasteiger partial charge in [0.05, 0.1) is 11.3 Å². The molecule has 0 atom stereocenters. The molecule has 0 aromatic heterocycles. The summed E-state index contributed by atoms with van der Waals surface area (Å²) in [6, 6.07) is 8.39. The zero-order valence-corrected chi connectivity index (χ0v) is 15.3. The Morgan fingerprint density at radius 2 is 1.88 bits per heavy atom. The van der Waals surface area contributed by atoms with E-state index in [-0.39, 0.29) is 17.0 Å². The number of aliphatic hydroxyl groups is 1. The molecule has 0 bridgehead atoms. The number of rotatable bonds is 5. The minimum Gasteiger partial charge on any atom is -0.511 e. The Morgan fingerprint density at radius 3 is 2.38 bits per heavy atom. The summed E-state index contributed by atoms with van der Waals surface area (Å²) in [5.41, 5.74) is 2.09. The van der Waals surface area contributed by atoms with Crippen molar-refractivity contribution >= 4 is 23.4 Å². The van der Waals surface area contributed by atoms with Crippen molar-refractivity contribution in [1.29, 1.82) is 0 Å². The summed E-state index contributed by atoms with van der Waals surface area (Å²) in [5.74, 6) is 0.106. The minimum absolute atomic E-state index is 0.0407. The summed E-state index contributed by atoms with van der Waals surface area (Å²) in [6.07, 6.45) is 2.46. The number of allylic oxidation sites excluding steroid dienone is 2. The molecule has 130 valence electrons. The van der Waals surface area contributed by atoms with E-state index in [1.807, 2.05) is 38.1 Å². The predicted octanol–water partition coefficient (Wildman–Crippen LogP) is 4.82. The van der Waals surface area contributed by atoms with Crippen LogP contribution in [0.1, 0.15) is 47.5 Å². The lowest BCUT2D eigenvalue weighted by molar-refractivity contribution is -0.117. The van der Waals surface area contributed by atoms with Crippen molar-refractivity contribution in [2.75, 3.05) is 11.4 Å². The van der Waals surface area contributed by atoms with Crippen LogP contribution < -0.4 is 4.90 Å². The summed E-state index contributed by atoms with van der Waals surface area (Å²) in [6.45, 7) is 11.4. The molecule has 1 N–H and O–H groups in total. The maximum absolute atomic E-state index is 12.2. The van der Waals surface area contributed by atoms with Crippen LogP contribution in [0.2, 0.25) is 0 Å². The summed E-state index contributed by atoms with van der Waals surface area (Å²) >= 11 is 0. The maximum Gasteiger partial charge on any atom is 0.168 e. The number of hydrogen-bond donors (Lipinski definition) is 1. The van der Waals surface area contributed by atoms with Gasteiger partial charge in [-0.15, -0.1) is 0 Å². The quantitative estimate of drug-likeness (QED) is 0.788. The number of carbonyl (C=O) groups excluding carboxylic acids is 1. The highest BCUT2D eigenvalue weighted by molar-refractivity contribution is 6.14. The van der Waals surface area contributed by atoms with Crippen molar-refractivity contribution < 1.29 is 9.90 Å². The highest BCUT2D eigenvalue weighted by atomic mass is 16.3. The highest BCUT2D eigenvalue weighted by Gasteiger charge is 2.32. The third kappa shape index (κ3) is 4.25.